The van der Waals surface area contributed by atoms with Gasteiger partial charge in [0.05, 0.1) is 12.0 Å². The number of unbranched alkanes of at least 4 members (excludes halogenated alkanes) is 1. The molecule has 0 heterocycles. The molecule has 106 valence electrons. The van der Waals surface area contributed by atoms with Crippen LogP contribution in [0.3, 0.4) is 0 Å². The van der Waals surface area contributed by atoms with Crippen molar-refractivity contribution < 1.29 is 23.1 Å². The first kappa shape index (κ1) is 15.5. The minimum absolute atomic E-state index is 0.0590. The van der Waals surface area contributed by atoms with Crippen molar-refractivity contribution in [2.24, 2.45) is 0 Å². The van der Waals surface area contributed by atoms with Crippen LogP contribution >= 0.6 is 0 Å². The van der Waals surface area contributed by atoms with E-state index in [0.29, 0.717) is 24.9 Å². The molecule has 0 aliphatic carbocycles. The molecule has 1 aromatic carbocycles. The van der Waals surface area contributed by atoms with Gasteiger partial charge in [0, 0.05) is 13.2 Å². The number of hydrogen-bond acceptors (Lipinski definition) is 2. The van der Waals surface area contributed by atoms with Gasteiger partial charge in [-0.25, -0.2) is 0 Å². The van der Waals surface area contributed by atoms with Gasteiger partial charge in [-0.3, -0.25) is 4.79 Å². The van der Waals surface area contributed by atoms with Crippen LogP contribution in [0.2, 0.25) is 0 Å². The van der Waals surface area contributed by atoms with Crippen LogP contribution in [-0.4, -0.2) is 24.2 Å². The number of alkyl halides is 3. The van der Waals surface area contributed by atoms with Crippen molar-refractivity contribution in [2.75, 3.05) is 13.2 Å². The quantitative estimate of drug-likeness (QED) is 0.781. The van der Waals surface area contributed by atoms with Crippen LogP contribution in [0, 0.1) is 0 Å². The summed E-state index contributed by atoms with van der Waals surface area (Å²) in [6, 6.07) is 4.73. The summed E-state index contributed by atoms with van der Waals surface area (Å²) in [4.78, 5) is 11.5. The van der Waals surface area contributed by atoms with E-state index >= 15 is 0 Å². The molecular formula is C13H16F3NO2. The van der Waals surface area contributed by atoms with E-state index in [0.717, 1.165) is 12.1 Å². The van der Waals surface area contributed by atoms with E-state index in [1.807, 2.05) is 0 Å². The molecule has 0 saturated heterocycles. The van der Waals surface area contributed by atoms with Crippen molar-refractivity contribution in [3.05, 3.63) is 35.4 Å². The molecule has 0 radical (unpaired) electrons. The van der Waals surface area contributed by atoms with E-state index in [-0.39, 0.29) is 18.9 Å². The van der Waals surface area contributed by atoms with Gasteiger partial charge < -0.3 is 10.4 Å². The molecular weight excluding hydrogens is 259 g/mol. The lowest BCUT2D eigenvalue weighted by molar-refractivity contribution is -0.137. The summed E-state index contributed by atoms with van der Waals surface area (Å²) in [5.74, 6) is -0.322. The molecule has 0 saturated carbocycles. The zero-order valence-electron chi connectivity index (χ0n) is 10.3. The molecule has 2 N–H and O–H groups in total. The summed E-state index contributed by atoms with van der Waals surface area (Å²) in [7, 11) is 0. The van der Waals surface area contributed by atoms with Crippen molar-refractivity contribution in [3.63, 3.8) is 0 Å². The number of benzene rings is 1. The van der Waals surface area contributed by atoms with Crippen molar-refractivity contribution in [3.8, 4) is 0 Å². The van der Waals surface area contributed by atoms with Gasteiger partial charge in [0.25, 0.3) is 0 Å². The first-order chi connectivity index (χ1) is 8.93. The highest BCUT2D eigenvalue weighted by atomic mass is 19.4. The second-order valence-corrected chi connectivity index (χ2v) is 4.16. The average molecular weight is 275 g/mol. The van der Waals surface area contributed by atoms with Gasteiger partial charge in [-0.05, 0) is 24.5 Å². The number of carbonyl (C=O) groups excluding carboxylic acids is 1. The van der Waals surface area contributed by atoms with Crippen LogP contribution in [0.4, 0.5) is 13.2 Å². The van der Waals surface area contributed by atoms with E-state index in [2.05, 4.69) is 5.32 Å². The Bertz CT molecular complexity index is 419. The number of nitrogens with one attached hydrogen (secondary N) is 1. The van der Waals surface area contributed by atoms with E-state index in [1.165, 1.54) is 12.1 Å². The maximum atomic E-state index is 12.5. The van der Waals surface area contributed by atoms with Crippen molar-refractivity contribution >= 4 is 5.91 Å². The van der Waals surface area contributed by atoms with Crippen LogP contribution in [0.25, 0.3) is 0 Å². The van der Waals surface area contributed by atoms with E-state index in [9.17, 15) is 18.0 Å². The molecule has 6 heteroatoms. The molecule has 1 amide bonds. The summed E-state index contributed by atoms with van der Waals surface area (Å²) in [5, 5.41) is 11.1. The molecule has 0 atom stereocenters. The molecule has 0 spiro atoms. The number of halogens is 3. The summed E-state index contributed by atoms with van der Waals surface area (Å²) >= 11 is 0. The maximum absolute atomic E-state index is 12.5. The Balaban J connectivity index is 2.50. The highest BCUT2D eigenvalue weighted by Gasteiger charge is 2.30. The van der Waals surface area contributed by atoms with Gasteiger partial charge in [-0.1, -0.05) is 18.2 Å². The first-order valence-electron chi connectivity index (χ1n) is 5.97. The van der Waals surface area contributed by atoms with Crippen molar-refractivity contribution in [2.45, 2.75) is 25.4 Å². The van der Waals surface area contributed by atoms with Crippen molar-refractivity contribution in [1.82, 2.24) is 5.32 Å². The smallest absolute Gasteiger partial charge is 0.396 e. The fraction of sp³-hybridized carbons (Fsp3) is 0.462. The fourth-order valence-electron chi connectivity index (χ4n) is 1.57. The molecule has 0 aliphatic rings. The van der Waals surface area contributed by atoms with Crippen LogP contribution in [0.15, 0.2) is 24.3 Å². The van der Waals surface area contributed by atoms with Gasteiger partial charge >= 0.3 is 6.18 Å². The second-order valence-electron chi connectivity index (χ2n) is 4.16. The Morgan fingerprint density at radius 1 is 1.26 bits per heavy atom. The Morgan fingerprint density at radius 3 is 2.63 bits per heavy atom. The predicted molar refractivity (Wildman–Crippen MR) is 64.5 cm³/mol. The van der Waals surface area contributed by atoms with Crippen molar-refractivity contribution in [1.29, 1.82) is 0 Å². The highest BCUT2D eigenvalue weighted by Crippen LogP contribution is 2.29. The number of aliphatic hydroxyl groups is 1. The number of carbonyl (C=O) groups is 1. The molecule has 0 aromatic heterocycles. The molecule has 0 fully saturated rings. The van der Waals surface area contributed by atoms with E-state index in [1.54, 1.807) is 0 Å². The Labute approximate surface area is 109 Å². The molecule has 0 aliphatic heterocycles. The van der Waals surface area contributed by atoms with Gasteiger partial charge in [-0.15, -0.1) is 0 Å². The summed E-state index contributed by atoms with van der Waals surface area (Å²) < 4.78 is 37.4. The Hall–Kier alpha value is -1.56. The maximum Gasteiger partial charge on any atom is 0.416 e. The van der Waals surface area contributed by atoms with Crippen LogP contribution in [0.1, 0.15) is 24.0 Å². The number of rotatable bonds is 6. The third kappa shape index (κ3) is 5.74. The van der Waals surface area contributed by atoms with Crippen LogP contribution < -0.4 is 5.32 Å². The highest BCUT2D eigenvalue weighted by molar-refractivity contribution is 5.78. The third-order valence-corrected chi connectivity index (χ3v) is 2.53. The number of amides is 1. The lowest BCUT2D eigenvalue weighted by Gasteiger charge is -2.09. The van der Waals surface area contributed by atoms with Crippen LogP contribution in [-0.2, 0) is 17.4 Å². The van der Waals surface area contributed by atoms with Crippen LogP contribution in [0.5, 0.6) is 0 Å². The Kier molecular flexibility index (Phi) is 5.82. The first-order valence-corrected chi connectivity index (χ1v) is 5.97. The van der Waals surface area contributed by atoms with Gasteiger partial charge in [0.2, 0.25) is 5.91 Å². The molecule has 1 rings (SSSR count). The zero-order chi connectivity index (χ0) is 14.3. The molecule has 19 heavy (non-hydrogen) atoms. The SMILES string of the molecule is O=C(Cc1cccc(C(F)(F)F)c1)NCCCCO. The lowest BCUT2D eigenvalue weighted by atomic mass is 10.1. The Morgan fingerprint density at radius 2 is 2.00 bits per heavy atom. The van der Waals surface area contributed by atoms with Gasteiger partial charge in [0.15, 0.2) is 0 Å². The number of hydrogen-bond donors (Lipinski definition) is 2. The molecule has 0 unspecified atom stereocenters. The molecule has 1 aromatic rings. The summed E-state index contributed by atoms with van der Waals surface area (Å²) in [6.45, 7) is 0.474. The largest absolute Gasteiger partial charge is 0.416 e. The lowest BCUT2D eigenvalue weighted by Crippen LogP contribution is -2.26. The zero-order valence-corrected chi connectivity index (χ0v) is 10.3. The topological polar surface area (TPSA) is 49.3 Å². The molecule has 3 nitrogen and oxygen atoms in total. The van der Waals surface area contributed by atoms with Gasteiger partial charge in [-0.2, -0.15) is 13.2 Å². The second kappa shape index (κ2) is 7.13. The monoisotopic (exact) mass is 275 g/mol. The minimum Gasteiger partial charge on any atom is -0.396 e. The molecule has 0 bridgehead atoms. The summed E-state index contributed by atoms with van der Waals surface area (Å²) in [5.41, 5.74) is -0.424. The van der Waals surface area contributed by atoms with E-state index in [4.69, 9.17) is 5.11 Å². The standard InChI is InChI=1S/C13H16F3NO2/c14-13(15,16)11-5-3-4-10(8-11)9-12(19)17-6-1-2-7-18/h3-5,8,18H,1-2,6-7,9H2,(H,17,19). The predicted octanol–water partition coefficient (Wildman–Crippen LogP) is 2.14. The van der Waals surface area contributed by atoms with Gasteiger partial charge in [0.1, 0.15) is 0 Å². The average Bonchev–Trinajstić information content (AvgIpc) is 2.34. The number of aliphatic hydroxyl groups excluding tert-OH is 1. The van der Waals surface area contributed by atoms with E-state index < -0.39 is 11.7 Å². The summed E-state index contributed by atoms with van der Waals surface area (Å²) in [6.07, 6.45) is -3.24. The normalized spacial score (nSPS) is 11.4. The minimum atomic E-state index is -4.40. The fourth-order valence-corrected chi connectivity index (χ4v) is 1.57. The third-order valence-electron chi connectivity index (χ3n) is 2.53.